The second-order valence-electron chi connectivity index (χ2n) is 2.15. The van der Waals surface area contributed by atoms with Gasteiger partial charge in [0.05, 0.1) is 11.9 Å². The average molecular weight is 238 g/mol. The van der Waals surface area contributed by atoms with Gasteiger partial charge in [0.2, 0.25) is 0 Å². The standard InChI is InChI=1S/C8H6O4.C2H4.2Na/c9-7(10)5-1-2-6(4-3-5)8(11)12;1-2;;/h1-4H,(H,9,10)(H,11,12);1-2H2;;/q;;2*+1/p-2. The van der Waals surface area contributed by atoms with E-state index in [0.717, 1.165) is 24.3 Å². The molecule has 1 aromatic rings. The van der Waals surface area contributed by atoms with Crippen molar-refractivity contribution in [2.75, 3.05) is 0 Å². The molecule has 6 heteroatoms. The predicted molar refractivity (Wildman–Crippen MR) is 46.4 cm³/mol. The molecular weight excluding hydrogens is 230 g/mol. The maximum atomic E-state index is 10.2. The van der Waals surface area contributed by atoms with Crippen LogP contribution in [-0.4, -0.2) is 11.9 Å². The van der Waals surface area contributed by atoms with E-state index in [1.807, 2.05) is 0 Å². The minimum Gasteiger partial charge on any atom is -0.545 e. The zero-order valence-electron chi connectivity index (χ0n) is 9.36. The molecule has 0 radical (unpaired) electrons. The molecule has 0 saturated heterocycles. The number of carbonyl (C=O) groups is 2. The smallest absolute Gasteiger partial charge is 0.545 e. The summed E-state index contributed by atoms with van der Waals surface area (Å²) >= 11 is 0. The van der Waals surface area contributed by atoms with Crippen LogP contribution in [0.3, 0.4) is 0 Å². The summed E-state index contributed by atoms with van der Waals surface area (Å²) in [6.07, 6.45) is 0. The van der Waals surface area contributed by atoms with Gasteiger partial charge in [-0.05, 0) is 11.1 Å². The minimum absolute atomic E-state index is 0. The molecule has 0 amide bonds. The summed E-state index contributed by atoms with van der Waals surface area (Å²) in [5.41, 5.74) is -0.111. The molecule has 0 aromatic heterocycles. The van der Waals surface area contributed by atoms with Gasteiger partial charge in [-0.25, -0.2) is 0 Å². The SMILES string of the molecule is C=C.O=C([O-])c1ccc(C(=O)[O-])cc1.[Na+].[Na+]. The monoisotopic (exact) mass is 238 g/mol. The number of benzene rings is 1. The molecule has 0 atom stereocenters. The molecule has 0 aliphatic rings. The van der Waals surface area contributed by atoms with Crippen LogP contribution in [0.25, 0.3) is 0 Å². The molecule has 74 valence electrons. The van der Waals surface area contributed by atoms with Gasteiger partial charge in [0, 0.05) is 0 Å². The number of hydrogen-bond donors (Lipinski definition) is 0. The van der Waals surface area contributed by atoms with E-state index in [1.54, 1.807) is 0 Å². The first-order chi connectivity index (χ1) is 6.61. The van der Waals surface area contributed by atoms with Crippen molar-refractivity contribution in [3.8, 4) is 0 Å². The fraction of sp³-hybridized carbons (Fsp3) is 0. The first-order valence-electron chi connectivity index (χ1n) is 3.64. The third-order valence-corrected chi connectivity index (χ3v) is 1.36. The first kappa shape index (κ1) is 21.2. The summed E-state index contributed by atoms with van der Waals surface area (Å²) in [5.74, 6) is -2.67. The topological polar surface area (TPSA) is 80.3 Å². The number of aromatic carboxylic acids is 2. The molecule has 0 aliphatic carbocycles. The van der Waals surface area contributed by atoms with E-state index in [1.165, 1.54) is 0 Å². The maximum Gasteiger partial charge on any atom is 1.00 e. The molecule has 1 rings (SSSR count). The van der Waals surface area contributed by atoms with E-state index in [-0.39, 0.29) is 70.2 Å². The molecule has 0 fully saturated rings. The molecule has 0 unspecified atom stereocenters. The third-order valence-electron chi connectivity index (χ3n) is 1.36. The van der Waals surface area contributed by atoms with E-state index in [9.17, 15) is 19.8 Å². The summed E-state index contributed by atoms with van der Waals surface area (Å²) < 4.78 is 0. The molecule has 0 saturated carbocycles. The summed E-state index contributed by atoms with van der Waals surface area (Å²) in [6, 6.07) is 4.61. The number of carbonyl (C=O) groups excluding carboxylic acids is 2. The van der Waals surface area contributed by atoms with Gasteiger partial charge in [0.1, 0.15) is 0 Å². The molecule has 0 aliphatic heterocycles. The Balaban J connectivity index is -0.000000399. The van der Waals surface area contributed by atoms with Crippen LogP contribution in [0, 0.1) is 0 Å². The fourth-order valence-electron chi connectivity index (χ4n) is 0.742. The van der Waals surface area contributed by atoms with Crippen molar-refractivity contribution in [2.45, 2.75) is 0 Å². The van der Waals surface area contributed by atoms with E-state index in [2.05, 4.69) is 13.2 Å². The van der Waals surface area contributed by atoms with Crippen molar-refractivity contribution < 1.29 is 78.9 Å². The van der Waals surface area contributed by atoms with Gasteiger partial charge in [-0.1, -0.05) is 24.3 Å². The number of carboxylic acids is 2. The van der Waals surface area contributed by atoms with Crippen LogP contribution in [0.1, 0.15) is 20.7 Å². The Bertz CT molecular complexity index is 302. The van der Waals surface area contributed by atoms with Gasteiger partial charge in [-0.15, -0.1) is 13.2 Å². The molecular formula is C10H8Na2O4. The average Bonchev–Trinajstić information content (AvgIpc) is 2.21. The van der Waals surface area contributed by atoms with Crippen LogP contribution in [0.4, 0.5) is 0 Å². The minimum atomic E-state index is -1.33. The maximum absolute atomic E-state index is 10.2. The summed E-state index contributed by atoms with van der Waals surface area (Å²) in [5, 5.41) is 20.4. The summed E-state index contributed by atoms with van der Waals surface area (Å²) in [4.78, 5) is 20.4. The number of hydrogen-bond acceptors (Lipinski definition) is 4. The molecule has 0 bridgehead atoms. The zero-order valence-corrected chi connectivity index (χ0v) is 13.4. The Morgan fingerprint density at radius 1 is 0.812 bits per heavy atom. The van der Waals surface area contributed by atoms with E-state index in [4.69, 9.17) is 0 Å². The zero-order chi connectivity index (χ0) is 11.1. The predicted octanol–water partition coefficient (Wildman–Crippen LogP) is -6.78. The summed E-state index contributed by atoms with van der Waals surface area (Å²) in [6.45, 7) is 6.00. The van der Waals surface area contributed by atoms with Crippen molar-refractivity contribution in [3.05, 3.63) is 48.6 Å². The Hall–Kier alpha value is -0.1000. The quantitative estimate of drug-likeness (QED) is 0.379. The van der Waals surface area contributed by atoms with Gasteiger partial charge in [-0.2, -0.15) is 0 Å². The second-order valence-corrected chi connectivity index (χ2v) is 2.15. The van der Waals surface area contributed by atoms with Crippen molar-refractivity contribution in [3.63, 3.8) is 0 Å². The molecule has 1 aromatic carbocycles. The van der Waals surface area contributed by atoms with Crippen LogP contribution in [-0.2, 0) is 0 Å². The van der Waals surface area contributed by atoms with Crippen molar-refractivity contribution in [1.82, 2.24) is 0 Å². The second kappa shape index (κ2) is 11.4. The van der Waals surface area contributed by atoms with Crippen molar-refractivity contribution in [2.24, 2.45) is 0 Å². The van der Waals surface area contributed by atoms with E-state index < -0.39 is 11.9 Å². The van der Waals surface area contributed by atoms with Crippen LogP contribution < -0.4 is 69.3 Å². The van der Waals surface area contributed by atoms with Crippen LogP contribution >= 0.6 is 0 Å². The van der Waals surface area contributed by atoms with Crippen LogP contribution in [0.2, 0.25) is 0 Å². The largest absolute Gasteiger partial charge is 1.00 e. The molecule has 0 N–H and O–H groups in total. The Morgan fingerprint density at radius 3 is 1.12 bits per heavy atom. The Labute approximate surface area is 138 Å². The van der Waals surface area contributed by atoms with Gasteiger partial charge in [0.25, 0.3) is 0 Å². The number of rotatable bonds is 2. The van der Waals surface area contributed by atoms with Gasteiger partial charge in [0.15, 0.2) is 0 Å². The van der Waals surface area contributed by atoms with Crippen molar-refractivity contribution in [1.29, 1.82) is 0 Å². The van der Waals surface area contributed by atoms with E-state index >= 15 is 0 Å². The normalized spacial score (nSPS) is 7.25. The first-order valence-corrected chi connectivity index (χ1v) is 3.64. The van der Waals surface area contributed by atoms with Crippen LogP contribution in [0.5, 0.6) is 0 Å². The van der Waals surface area contributed by atoms with E-state index in [0.29, 0.717) is 0 Å². The summed E-state index contributed by atoms with van der Waals surface area (Å²) in [7, 11) is 0. The van der Waals surface area contributed by atoms with Gasteiger partial charge in [-0.3, -0.25) is 0 Å². The van der Waals surface area contributed by atoms with Gasteiger partial charge < -0.3 is 19.8 Å². The Morgan fingerprint density at radius 2 is 1.00 bits per heavy atom. The van der Waals surface area contributed by atoms with Crippen molar-refractivity contribution >= 4 is 11.9 Å². The molecule has 16 heavy (non-hydrogen) atoms. The third kappa shape index (κ3) is 7.22. The number of carboxylic acid groups (broad SMARTS) is 2. The molecule has 0 heterocycles. The molecule has 4 nitrogen and oxygen atoms in total. The Kier molecular flexibility index (Phi) is 15.1. The molecule has 0 spiro atoms. The fourth-order valence-corrected chi connectivity index (χ4v) is 0.742. The van der Waals surface area contributed by atoms with Gasteiger partial charge >= 0.3 is 59.1 Å². The van der Waals surface area contributed by atoms with Crippen LogP contribution in [0.15, 0.2) is 37.4 Å².